The maximum Gasteiger partial charge on any atom is 0.231 e. The number of hydrogen-bond donors (Lipinski definition) is 1. The molecule has 0 bridgehead atoms. The number of carbonyl (C=O) groups excluding carboxylic acids is 1. The topological polar surface area (TPSA) is 40.5 Å². The summed E-state index contributed by atoms with van der Waals surface area (Å²) in [5, 5.41) is 9.19. The summed E-state index contributed by atoms with van der Waals surface area (Å²) in [6.07, 6.45) is -0.163. The lowest BCUT2D eigenvalue weighted by Gasteiger charge is -2.17. The Bertz CT molecular complexity index is 626. The van der Waals surface area contributed by atoms with Gasteiger partial charge in [0.1, 0.15) is 17.4 Å². The first kappa shape index (κ1) is 14.0. The summed E-state index contributed by atoms with van der Waals surface area (Å²) in [7, 11) is 1.55. The monoisotopic (exact) mass is 277 g/mol. The number of amides is 1. The molecule has 0 spiro atoms. The van der Waals surface area contributed by atoms with Gasteiger partial charge >= 0.3 is 0 Å². The zero-order valence-corrected chi connectivity index (χ0v) is 10.8. The highest BCUT2D eigenvalue weighted by atomic mass is 19.1. The zero-order valence-electron chi connectivity index (χ0n) is 10.8. The lowest BCUT2D eigenvalue weighted by molar-refractivity contribution is -0.117. The van der Waals surface area contributed by atoms with Gasteiger partial charge in [-0.05, 0) is 35.9 Å². The Morgan fingerprint density at radius 1 is 1.15 bits per heavy atom. The van der Waals surface area contributed by atoms with Gasteiger partial charge in [-0.2, -0.15) is 0 Å². The van der Waals surface area contributed by atoms with E-state index in [-0.39, 0.29) is 23.6 Å². The number of anilines is 1. The molecular formula is C15H13F2NO2. The van der Waals surface area contributed by atoms with Gasteiger partial charge in [0.25, 0.3) is 0 Å². The predicted molar refractivity (Wildman–Crippen MR) is 71.6 cm³/mol. The van der Waals surface area contributed by atoms with E-state index in [1.54, 1.807) is 19.2 Å². The van der Waals surface area contributed by atoms with Crippen molar-refractivity contribution in [1.82, 2.24) is 0 Å². The Kier molecular flexibility index (Phi) is 3.98. The first-order valence-corrected chi connectivity index (χ1v) is 5.97. The third kappa shape index (κ3) is 3.12. The van der Waals surface area contributed by atoms with Crippen molar-refractivity contribution in [1.29, 1.82) is 0 Å². The number of benzene rings is 2. The van der Waals surface area contributed by atoms with Gasteiger partial charge < -0.3 is 10.0 Å². The van der Waals surface area contributed by atoms with E-state index in [2.05, 4.69) is 0 Å². The number of likely N-dealkylation sites (N-methyl/N-ethyl adjacent to an activating group) is 1. The molecule has 0 unspecified atom stereocenters. The summed E-state index contributed by atoms with van der Waals surface area (Å²) in [6.45, 7) is 0. The average Bonchev–Trinajstić information content (AvgIpc) is 2.42. The fourth-order valence-electron chi connectivity index (χ4n) is 1.77. The van der Waals surface area contributed by atoms with Crippen LogP contribution in [0, 0.1) is 11.6 Å². The van der Waals surface area contributed by atoms with E-state index >= 15 is 0 Å². The molecule has 0 radical (unpaired) electrons. The van der Waals surface area contributed by atoms with Gasteiger partial charge in [-0.15, -0.1) is 0 Å². The fraction of sp³-hybridized carbons (Fsp3) is 0.133. The number of hydrogen-bond acceptors (Lipinski definition) is 2. The average molecular weight is 277 g/mol. The van der Waals surface area contributed by atoms with Crippen molar-refractivity contribution in [2.75, 3.05) is 11.9 Å². The minimum Gasteiger partial charge on any atom is -0.508 e. The van der Waals surface area contributed by atoms with E-state index in [1.807, 2.05) is 0 Å². The Labute approximate surface area is 115 Å². The van der Waals surface area contributed by atoms with Crippen molar-refractivity contribution in [3.05, 3.63) is 59.7 Å². The highest BCUT2D eigenvalue weighted by Gasteiger charge is 2.14. The zero-order chi connectivity index (χ0) is 14.7. The second-order valence-electron chi connectivity index (χ2n) is 4.38. The van der Waals surface area contributed by atoms with Gasteiger partial charge in [0.15, 0.2) is 0 Å². The van der Waals surface area contributed by atoms with Crippen molar-refractivity contribution >= 4 is 11.6 Å². The molecular weight excluding hydrogens is 264 g/mol. The summed E-state index contributed by atoms with van der Waals surface area (Å²) >= 11 is 0. The van der Waals surface area contributed by atoms with Crippen molar-refractivity contribution in [3.8, 4) is 5.75 Å². The first-order valence-electron chi connectivity index (χ1n) is 5.97. The molecule has 2 aromatic carbocycles. The molecule has 20 heavy (non-hydrogen) atoms. The Hall–Kier alpha value is -2.43. The number of nitrogens with zero attached hydrogens (tertiary/aromatic N) is 1. The molecule has 0 aromatic heterocycles. The van der Waals surface area contributed by atoms with Crippen LogP contribution in [0.15, 0.2) is 42.5 Å². The number of carbonyl (C=O) groups is 1. The molecule has 0 heterocycles. The molecule has 5 heteroatoms. The molecule has 0 fully saturated rings. The smallest absolute Gasteiger partial charge is 0.231 e. The molecule has 0 atom stereocenters. The van der Waals surface area contributed by atoms with Crippen molar-refractivity contribution < 1.29 is 18.7 Å². The van der Waals surface area contributed by atoms with Crippen LogP contribution in [0.2, 0.25) is 0 Å². The standard InChI is InChI=1S/C15H13F2NO2/c1-18(12-4-6-13(19)7-5-12)15(20)8-10-2-3-11(16)9-14(10)17/h2-7,9,19H,8H2,1H3. The molecule has 0 aliphatic heterocycles. The van der Waals surface area contributed by atoms with E-state index in [0.717, 1.165) is 12.1 Å². The highest BCUT2D eigenvalue weighted by molar-refractivity contribution is 5.94. The molecule has 0 aliphatic carbocycles. The maximum absolute atomic E-state index is 13.5. The number of aromatic hydroxyl groups is 1. The molecule has 0 saturated heterocycles. The van der Waals surface area contributed by atoms with Gasteiger partial charge in [-0.3, -0.25) is 4.79 Å². The second-order valence-corrected chi connectivity index (χ2v) is 4.38. The number of phenolic OH excluding ortho intramolecular Hbond substituents is 1. The summed E-state index contributed by atoms with van der Waals surface area (Å²) < 4.78 is 26.3. The van der Waals surface area contributed by atoms with E-state index in [0.29, 0.717) is 5.69 Å². The molecule has 0 saturated carbocycles. The van der Waals surface area contributed by atoms with Gasteiger partial charge in [0.05, 0.1) is 6.42 Å². The Morgan fingerprint density at radius 3 is 2.40 bits per heavy atom. The molecule has 104 valence electrons. The fourth-order valence-corrected chi connectivity index (χ4v) is 1.77. The molecule has 3 nitrogen and oxygen atoms in total. The summed E-state index contributed by atoms with van der Waals surface area (Å²) in [6, 6.07) is 9.19. The quantitative estimate of drug-likeness (QED) is 0.937. The van der Waals surface area contributed by atoms with Crippen molar-refractivity contribution in [2.45, 2.75) is 6.42 Å². The third-order valence-electron chi connectivity index (χ3n) is 2.97. The van der Waals surface area contributed by atoms with Crippen LogP contribution in [0.5, 0.6) is 5.75 Å². The van der Waals surface area contributed by atoms with E-state index in [9.17, 15) is 18.7 Å². The number of phenols is 1. The van der Waals surface area contributed by atoms with E-state index in [4.69, 9.17) is 0 Å². The van der Waals surface area contributed by atoms with Crippen LogP contribution >= 0.6 is 0 Å². The van der Waals surface area contributed by atoms with Crippen LogP contribution < -0.4 is 4.90 Å². The van der Waals surface area contributed by atoms with Crippen LogP contribution in [0.1, 0.15) is 5.56 Å². The lowest BCUT2D eigenvalue weighted by Crippen LogP contribution is -2.28. The minimum atomic E-state index is -0.738. The maximum atomic E-state index is 13.5. The first-order chi connectivity index (χ1) is 9.47. The van der Waals surface area contributed by atoms with Gasteiger partial charge in [0.2, 0.25) is 5.91 Å². The molecule has 2 rings (SSSR count). The van der Waals surface area contributed by atoms with Crippen LogP contribution in [-0.2, 0) is 11.2 Å². The highest BCUT2D eigenvalue weighted by Crippen LogP contribution is 2.19. The van der Waals surface area contributed by atoms with Crippen LogP contribution in [0.3, 0.4) is 0 Å². The van der Waals surface area contributed by atoms with Crippen molar-refractivity contribution in [2.24, 2.45) is 0 Å². The van der Waals surface area contributed by atoms with E-state index in [1.165, 1.54) is 23.1 Å². The Morgan fingerprint density at radius 2 is 1.80 bits per heavy atom. The summed E-state index contributed by atoms with van der Waals surface area (Å²) in [5.41, 5.74) is 0.720. The Balaban J connectivity index is 2.13. The van der Waals surface area contributed by atoms with Gasteiger partial charge in [-0.1, -0.05) is 6.07 Å². The van der Waals surface area contributed by atoms with Crippen molar-refractivity contribution in [3.63, 3.8) is 0 Å². The SMILES string of the molecule is CN(C(=O)Cc1ccc(F)cc1F)c1ccc(O)cc1. The summed E-state index contributed by atoms with van der Waals surface area (Å²) in [5.74, 6) is -1.65. The van der Waals surface area contributed by atoms with Gasteiger partial charge in [-0.25, -0.2) is 8.78 Å². The van der Waals surface area contributed by atoms with Crippen LogP contribution in [0.4, 0.5) is 14.5 Å². The molecule has 0 aliphatic rings. The lowest BCUT2D eigenvalue weighted by atomic mass is 10.1. The van der Waals surface area contributed by atoms with Gasteiger partial charge in [0, 0.05) is 18.8 Å². The normalized spacial score (nSPS) is 10.3. The van der Waals surface area contributed by atoms with E-state index < -0.39 is 11.6 Å². The van der Waals surface area contributed by atoms with Crippen LogP contribution in [0.25, 0.3) is 0 Å². The minimum absolute atomic E-state index is 0.0965. The predicted octanol–water partition coefficient (Wildman–Crippen LogP) is 2.88. The molecule has 1 N–H and O–H groups in total. The number of halogens is 2. The molecule has 2 aromatic rings. The number of rotatable bonds is 3. The third-order valence-corrected chi connectivity index (χ3v) is 2.97. The van der Waals surface area contributed by atoms with Crippen LogP contribution in [-0.4, -0.2) is 18.1 Å². The largest absolute Gasteiger partial charge is 0.508 e. The summed E-state index contributed by atoms with van der Waals surface area (Å²) in [4.78, 5) is 13.4. The second kappa shape index (κ2) is 5.69. The molecule has 1 amide bonds.